The van der Waals surface area contributed by atoms with Crippen LogP contribution in [0.4, 0.5) is 8.78 Å². The fourth-order valence-electron chi connectivity index (χ4n) is 2.71. The van der Waals surface area contributed by atoms with E-state index in [0.717, 1.165) is 31.7 Å². The largest absolute Gasteiger partial charge is 0.377 e. The Kier molecular flexibility index (Phi) is 3.05. The zero-order valence-electron chi connectivity index (χ0n) is 10.1. The summed E-state index contributed by atoms with van der Waals surface area (Å²) in [6.45, 7) is 4.76. The van der Waals surface area contributed by atoms with Crippen LogP contribution in [0.15, 0.2) is 18.2 Å². The van der Waals surface area contributed by atoms with E-state index in [9.17, 15) is 8.78 Å². The van der Waals surface area contributed by atoms with Crippen LogP contribution in [-0.2, 0) is 10.3 Å². The van der Waals surface area contributed by atoms with Crippen molar-refractivity contribution in [3.63, 3.8) is 0 Å². The van der Waals surface area contributed by atoms with Gasteiger partial charge >= 0.3 is 0 Å². The zero-order chi connectivity index (χ0) is 12.6. The average Bonchev–Trinajstić information content (AvgIpc) is 2.34. The molecule has 2 heterocycles. The van der Waals surface area contributed by atoms with Gasteiger partial charge < -0.3 is 10.1 Å². The predicted molar refractivity (Wildman–Crippen MR) is 63.3 cm³/mol. The first-order chi connectivity index (χ1) is 8.72. The van der Waals surface area contributed by atoms with E-state index in [-0.39, 0.29) is 5.54 Å². The Morgan fingerprint density at radius 3 is 2.39 bits per heavy atom. The Labute approximate surface area is 105 Å². The summed E-state index contributed by atoms with van der Waals surface area (Å²) in [6, 6.07) is 4.18. The molecule has 3 rings (SSSR count). The summed E-state index contributed by atoms with van der Waals surface area (Å²) in [4.78, 5) is 2.31. The topological polar surface area (TPSA) is 24.5 Å². The van der Waals surface area contributed by atoms with E-state index in [4.69, 9.17) is 4.74 Å². The number of hydrogen-bond acceptors (Lipinski definition) is 3. The van der Waals surface area contributed by atoms with Crippen LogP contribution in [0.5, 0.6) is 0 Å². The van der Waals surface area contributed by atoms with Crippen LogP contribution in [0.25, 0.3) is 0 Å². The lowest BCUT2D eigenvalue weighted by molar-refractivity contribution is -0.149. The van der Waals surface area contributed by atoms with Crippen LogP contribution >= 0.6 is 0 Å². The number of benzene rings is 1. The van der Waals surface area contributed by atoms with Crippen molar-refractivity contribution in [2.45, 2.75) is 5.54 Å². The van der Waals surface area contributed by atoms with Crippen molar-refractivity contribution in [2.24, 2.45) is 0 Å². The highest BCUT2D eigenvalue weighted by Crippen LogP contribution is 2.36. The number of nitrogens with zero attached hydrogens (tertiary/aromatic N) is 1. The zero-order valence-corrected chi connectivity index (χ0v) is 10.1. The second-order valence-electron chi connectivity index (χ2n) is 4.89. The fourth-order valence-corrected chi connectivity index (χ4v) is 2.71. The van der Waals surface area contributed by atoms with Gasteiger partial charge in [-0.2, -0.15) is 0 Å². The van der Waals surface area contributed by atoms with Crippen molar-refractivity contribution >= 4 is 0 Å². The van der Waals surface area contributed by atoms with Gasteiger partial charge in [-0.25, -0.2) is 8.78 Å². The molecule has 0 atom stereocenters. The molecule has 5 heteroatoms. The Bertz CT molecular complexity index is 443. The molecule has 0 radical (unpaired) electrons. The standard InChI is InChI=1S/C13H16F2N2O/c14-11-2-1-10(7-12(11)15)13(8-18-9-13)17-5-3-16-4-6-17/h1-2,7,16H,3-6,8-9H2. The minimum Gasteiger partial charge on any atom is -0.377 e. The van der Waals surface area contributed by atoms with Gasteiger partial charge in [-0.05, 0) is 17.7 Å². The molecular weight excluding hydrogens is 238 g/mol. The van der Waals surface area contributed by atoms with E-state index in [1.54, 1.807) is 6.07 Å². The van der Waals surface area contributed by atoms with Crippen molar-refractivity contribution < 1.29 is 13.5 Å². The van der Waals surface area contributed by atoms with Gasteiger partial charge in [-0.1, -0.05) is 6.07 Å². The van der Waals surface area contributed by atoms with Crippen LogP contribution in [0.1, 0.15) is 5.56 Å². The maximum absolute atomic E-state index is 13.4. The molecule has 0 unspecified atom stereocenters. The fraction of sp³-hybridized carbons (Fsp3) is 0.538. The maximum Gasteiger partial charge on any atom is 0.159 e. The first-order valence-corrected chi connectivity index (χ1v) is 6.21. The van der Waals surface area contributed by atoms with Crippen LogP contribution in [0, 0.1) is 11.6 Å². The van der Waals surface area contributed by atoms with E-state index in [0.29, 0.717) is 13.2 Å². The van der Waals surface area contributed by atoms with Crippen molar-refractivity contribution in [3.05, 3.63) is 35.4 Å². The maximum atomic E-state index is 13.4. The number of rotatable bonds is 2. The normalized spacial score (nSPS) is 23.7. The molecule has 0 aromatic heterocycles. The van der Waals surface area contributed by atoms with Crippen molar-refractivity contribution in [1.29, 1.82) is 0 Å². The average molecular weight is 254 g/mol. The molecule has 0 saturated carbocycles. The predicted octanol–water partition coefficient (Wildman–Crippen LogP) is 1.10. The summed E-state index contributed by atoms with van der Waals surface area (Å²) in [7, 11) is 0. The molecule has 0 amide bonds. The summed E-state index contributed by atoms with van der Waals surface area (Å²) >= 11 is 0. The highest BCUT2D eigenvalue weighted by Gasteiger charge is 2.46. The van der Waals surface area contributed by atoms with Crippen LogP contribution in [0.2, 0.25) is 0 Å². The van der Waals surface area contributed by atoms with Gasteiger partial charge in [0, 0.05) is 26.2 Å². The molecule has 1 N–H and O–H groups in total. The van der Waals surface area contributed by atoms with E-state index in [1.165, 1.54) is 12.1 Å². The highest BCUT2D eigenvalue weighted by molar-refractivity contribution is 5.29. The third-order valence-electron chi connectivity index (χ3n) is 3.86. The Hall–Kier alpha value is -1.04. The van der Waals surface area contributed by atoms with Gasteiger partial charge in [0.2, 0.25) is 0 Å². The van der Waals surface area contributed by atoms with Crippen LogP contribution in [-0.4, -0.2) is 44.3 Å². The van der Waals surface area contributed by atoms with Gasteiger partial charge in [0.05, 0.1) is 18.8 Å². The second-order valence-corrected chi connectivity index (χ2v) is 4.89. The number of piperazine rings is 1. The monoisotopic (exact) mass is 254 g/mol. The number of hydrogen-bond donors (Lipinski definition) is 1. The third kappa shape index (κ3) is 1.83. The third-order valence-corrected chi connectivity index (χ3v) is 3.86. The number of nitrogens with one attached hydrogen (secondary N) is 1. The van der Waals surface area contributed by atoms with Gasteiger partial charge in [-0.15, -0.1) is 0 Å². The molecule has 2 saturated heterocycles. The van der Waals surface area contributed by atoms with Gasteiger partial charge in [0.25, 0.3) is 0 Å². The lowest BCUT2D eigenvalue weighted by atomic mass is 9.85. The first kappa shape index (κ1) is 12.0. The van der Waals surface area contributed by atoms with Crippen molar-refractivity contribution in [2.75, 3.05) is 39.4 Å². The molecule has 18 heavy (non-hydrogen) atoms. The summed E-state index contributed by atoms with van der Waals surface area (Å²) in [5.41, 5.74) is 0.547. The molecule has 2 aliphatic rings. The first-order valence-electron chi connectivity index (χ1n) is 6.21. The lowest BCUT2D eigenvalue weighted by Crippen LogP contribution is -2.63. The molecule has 0 spiro atoms. The van der Waals surface area contributed by atoms with E-state index >= 15 is 0 Å². The summed E-state index contributed by atoms with van der Waals surface area (Å²) in [5, 5.41) is 3.29. The molecule has 1 aromatic carbocycles. The van der Waals surface area contributed by atoms with Gasteiger partial charge in [0.15, 0.2) is 11.6 Å². The number of halogens is 2. The second kappa shape index (κ2) is 4.57. The summed E-state index contributed by atoms with van der Waals surface area (Å²) < 4.78 is 31.7. The SMILES string of the molecule is Fc1ccc(C2(N3CCNCC3)COC2)cc1F. The van der Waals surface area contributed by atoms with E-state index < -0.39 is 11.6 Å². The van der Waals surface area contributed by atoms with Gasteiger partial charge in [0.1, 0.15) is 0 Å². The van der Waals surface area contributed by atoms with Crippen molar-refractivity contribution in [1.82, 2.24) is 10.2 Å². The summed E-state index contributed by atoms with van der Waals surface area (Å²) in [5.74, 6) is -1.58. The summed E-state index contributed by atoms with van der Waals surface area (Å²) in [6.07, 6.45) is 0. The van der Waals surface area contributed by atoms with Gasteiger partial charge in [-0.3, -0.25) is 4.90 Å². The highest BCUT2D eigenvalue weighted by atomic mass is 19.2. The number of ether oxygens (including phenoxy) is 1. The molecular formula is C13H16F2N2O. The van der Waals surface area contributed by atoms with Crippen LogP contribution in [0.3, 0.4) is 0 Å². The quantitative estimate of drug-likeness (QED) is 0.855. The lowest BCUT2D eigenvalue weighted by Gasteiger charge is -2.51. The Morgan fingerprint density at radius 1 is 1.11 bits per heavy atom. The molecule has 2 aliphatic heterocycles. The molecule has 2 fully saturated rings. The molecule has 0 aliphatic carbocycles. The Balaban J connectivity index is 1.92. The van der Waals surface area contributed by atoms with E-state index in [1.807, 2.05) is 0 Å². The molecule has 98 valence electrons. The Morgan fingerprint density at radius 2 is 1.83 bits per heavy atom. The molecule has 3 nitrogen and oxygen atoms in total. The minimum atomic E-state index is -0.797. The minimum absolute atomic E-state index is 0.267. The molecule has 0 bridgehead atoms. The van der Waals surface area contributed by atoms with E-state index in [2.05, 4.69) is 10.2 Å². The van der Waals surface area contributed by atoms with Crippen molar-refractivity contribution in [3.8, 4) is 0 Å². The van der Waals surface area contributed by atoms with Crippen LogP contribution < -0.4 is 5.32 Å². The smallest absolute Gasteiger partial charge is 0.159 e. The molecule has 1 aromatic rings.